The third kappa shape index (κ3) is 3.76. The maximum absolute atomic E-state index is 9.58. The Labute approximate surface area is 41.6 Å². The molecule has 34 valence electrons. The zero-order valence-electron chi connectivity index (χ0n) is 3.89. The summed E-state index contributed by atoms with van der Waals surface area (Å²) in [6, 6.07) is 0. The maximum atomic E-state index is 9.58. The molecule has 0 N–H and O–H groups in total. The van der Waals surface area contributed by atoms with E-state index in [2.05, 4.69) is 0 Å². The van der Waals surface area contributed by atoms with Crippen LogP contribution in [0.3, 0.4) is 0 Å². The fourth-order valence-electron chi connectivity index (χ4n) is 0.0962. The van der Waals surface area contributed by atoms with Gasteiger partial charge in [0.25, 0.3) is 0 Å². The van der Waals surface area contributed by atoms with Gasteiger partial charge in [-0.1, -0.05) is 0 Å². The highest BCUT2D eigenvalue weighted by atomic mass is 32.1. The molecule has 0 heterocycles. The number of allylic oxidation sites excluding steroid dienone is 1. The highest BCUT2D eigenvalue weighted by Gasteiger charge is 1.84. The van der Waals surface area contributed by atoms with Gasteiger partial charge in [-0.25, -0.2) is 0 Å². The first-order valence-corrected chi connectivity index (χ1v) is 2.50. The third-order valence-corrected chi connectivity index (χ3v) is 0.851. The van der Waals surface area contributed by atoms with Crippen molar-refractivity contribution >= 4 is 11.7 Å². The van der Waals surface area contributed by atoms with Gasteiger partial charge in [0, 0.05) is 4.21 Å². The molecule has 0 aromatic rings. The Hall–Kier alpha value is -0.240. The van der Waals surface area contributed by atoms with E-state index in [9.17, 15) is 4.21 Å². The van der Waals surface area contributed by atoms with Crippen molar-refractivity contribution in [2.24, 2.45) is 0 Å². The second-order valence-corrected chi connectivity index (χ2v) is 1.72. The molecule has 0 bridgehead atoms. The van der Waals surface area contributed by atoms with Gasteiger partial charge in [0.1, 0.15) is 0 Å². The SMILES string of the molecule is CC(C)=C[S+]=O. The second kappa shape index (κ2) is 2.97. The summed E-state index contributed by atoms with van der Waals surface area (Å²) >= 11 is 0.498. The van der Waals surface area contributed by atoms with E-state index in [1.807, 2.05) is 13.8 Å². The molecule has 0 aliphatic rings. The van der Waals surface area contributed by atoms with Gasteiger partial charge in [0.15, 0.2) is 0 Å². The van der Waals surface area contributed by atoms with Crippen LogP contribution in [0.15, 0.2) is 11.0 Å². The fraction of sp³-hybridized carbons (Fsp3) is 0.500. The zero-order valence-corrected chi connectivity index (χ0v) is 4.71. The van der Waals surface area contributed by atoms with Crippen molar-refractivity contribution in [3.8, 4) is 0 Å². The first-order chi connectivity index (χ1) is 2.77. The molecule has 0 saturated heterocycles. The monoisotopic (exact) mass is 103 g/mol. The van der Waals surface area contributed by atoms with Crippen molar-refractivity contribution in [2.75, 3.05) is 0 Å². The van der Waals surface area contributed by atoms with E-state index in [0.29, 0.717) is 11.7 Å². The van der Waals surface area contributed by atoms with Crippen LogP contribution in [0.2, 0.25) is 0 Å². The molecule has 0 fully saturated rings. The molecular weight excluding hydrogens is 96.1 g/mol. The van der Waals surface area contributed by atoms with Crippen LogP contribution in [-0.2, 0) is 15.9 Å². The first-order valence-electron chi connectivity index (χ1n) is 1.69. The summed E-state index contributed by atoms with van der Waals surface area (Å²) in [5.74, 6) is 0. The molecule has 0 aromatic carbocycles. The summed E-state index contributed by atoms with van der Waals surface area (Å²) < 4.78 is 9.58. The van der Waals surface area contributed by atoms with E-state index in [1.165, 1.54) is 0 Å². The largest absolute Gasteiger partial charge is 0.496 e. The normalized spacial score (nSPS) is 7.00. The average Bonchev–Trinajstić information content (AvgIpc) is 1.35. The number of hydrogen-bond acceptors (Lipinski definition) is 1. The molecule has 0 amide bonds. The molecular formula is C4H7OS+. The molecule has 0 radical (unpaired) electrons. The number of hydrogen-bond donors (Lipinski definition) is 0. The van der Waals surface area contributed by atoms with E-state index < -0.39 is 0 Å². The van der Waals surface area contributed by atoms with Gasteiger partial charge in [-0.15, -0.1) is 0 Å². The summed E-state index contributed by atoms with van der Waals surface area (Å²) in [6.45, 7) is 3.79. The predicted octanol–water partition coefficient (Wildman–Crippen LogP) is 1.34. The zero-order chi connectivity index (χ0) is 4.99. The lowest BCUT2D eigenvalue weighted by molar-refractivity contribution is 0.608. The Kier molecular flexibility index (Phi) is 2.85. The van der Waals surface area contributed by atoms with Crippen LogP contribution in [0.4, 0.5) is 0 Å². The van der Waals surface area contributed by atoms with Gasteiger partial charge in [-0.3, -0.25) is 0 Å². The van der Waals surface area contributed by atoms with E-state index in [0.717, 1.165) is 5.57 Å². The Balaban J connectivity index is 3.41. The fourth-order valence-corrected chi connectivity index (χ4v) is 0.289. The van der Waals surface area contributed by atoms with E-state index in [-0.39, 0.29) is 0 Å². The minimum atomic E-state index is 0.498. The standard InChI is InChI=1S/C4H7OS/c1-4(2)3-6-5/h3H,1-2H3/q+1. The van der Waals surface area contributed by atoms with Crippen molar-refractivity contribution in [3.05, 3.63) is 11.0 Å². The molecule has 1 nitrogen and oxygen atoms in total. The Bertz CT molecular complexity index is 71.6. The Morgan fingerprint density at radius 3 is 2.17 bits per heavy atom. The summed E-state index contributed by atoms with van der Waals surface area (Å²) in [7, 11) is 0. The first kappa shape index (κ1) is 5.76. The van der Waals surface area contributed by atoms with Crippen molar-refractivity contribution in [1.29, 1.82) is 0 Å². The summed E-state index contributed by atoms with van der Waals surface area (Å²) in [4.78, 5) is 0. The smallest absolute Gasteiger partial charge is 0.0388 e. The summed E-state index contributed by atoms with van der Waals surface area (Å²) in [6.07, 6.45) is 0. The van der Waals surface area contributed by atoms with Crippen molar-refractivity contribution in [1.82, 2.24) is 0 Å². The molecule has 2 heteroatoms. The van der Waals surface area contributed by atoms with Gasteiger partial charge < -0.3 is 0 Å². The van der Waals surface area contributed by atoms with Crippen molar-refractivity contribution < 1.29 is 4.21 Å². The lowest BCUT2D eigenvalue weighted by Crippen LogP contribution is -1.57. The van der Waals surface area contributed by atoms with Crippen LogP contribution < -0.4 is 0 Å². The molecule has 0 saturated carbocycles. The van der Waals surface area contributed by atoms with Gasteiger partial charge in [0.2, 0.25) is 5.41 Å². The van der Waals surface area contributed by atoms with Crippen LogP contribution in [0.25, 0.3) is 0 Å². The van der Waals surface area contributed by atoms with Crippen LogP contribution in [0, 0.1) is 0 Å². The molecule has 0 rings (SSSR count). The molecule has 0 unspecified atom stereocenters. The highest BCUT2D eigenvalue weighted by molar-refractivity contribution is 7.68. The van der Waals surface area contributed by atoms with Crippen LogP contribution >= 0.6 is 0 Å². The van der Waals surface area contributed by atoms with Gasteiger partial charge in [-0.05, 0) is 19.4 Å². The minimum Gasteiger partial charge on any atom is -0.0388 e. The second-order valence-electron chi connectivity index (χ2n) is 1.29. The van der Waals surface area contributed by atoms with Gasteiger partial charge >= 0.3 is 11.7 Å². The Morgan fingerprint density at radius 2 is 2.17 bits per heavy atom. The molecule has 0 atom stereocenters. The average molecular weight is 103 g/mol. The van der Waals surface area contributed by atoms with E-state index in [4.69, 9.17) is 0 Å². The topological polar surface area (TPSA) is 17.1 Å². The quantitative estimate of drug-likeness (QED) is 0.458. The molecule has 0 aliphatic heterocycles. The summed E-state index contributed by atoms with van der Waals surface area (Å²) in [5.41, 5.74) is 1.06. The number of rotatable bonds is 1. The van der Waals surface area contributed by atoms with E-state index in [1.54, 1.807) is 5.41 Å². The molecule has 0 spiro atoms. The minimum absolute atomic E-state index is 0.498. The Morgan fingerprint density at radius 1 is 1.67 bits per heavy atom. The lowest BCUT2D eigenvalue weighted by atomic mass is 10.4. The summed E-state index contributed by atoms with van der Waals surface area (Å²) in [5, 5.41) is 1.57. The van der Waals surface area contributed by atoms with Crippen LogP contribution in [-0.4, -0.2) is 0 Å². The van der Waals surface area contributed by atoms with Crippen LogP contribution in [0.1, 0.15) is 13.8 Å². The van der Waals surface area contributed by atoms with Gasteiger partial charge in [0.05, 0.1) is 0 Å². The molecule has 0 aromatic heterocycles. The highest BCUT2D eigenvalue weighted by Crippen LogP contribution is 1.83. The molecule has 6 heavy (non-hydrogen) atoms. The van der Waals surface area contributed by atoms with Crippen molar-refractivity contribution in [3.63, 3.8) is 0 Å². The van der Waals surface area contributed by atoms with Crippen molar-refractivity contribution in [2.45, 2.75) is 13.8 Å². The third-order valence-electron chi connectivity index (χ3n) is 0.284. The molecule has 0 aliphatic carbocycles. The lowest BCUT2D eigenvalue weighted by Gasteiger charge is -1.64. The maximum Gasteiger partial charge on any atom is 0.496 e. The van der Waals surface area contributed by atoms with Crippen LogP contribution in [0.5, 0.6) is 0 Å². The van der Waals surface area contributed by atoms with Gasteiger partial charge in [-0.2, -0.15) is 0 Å². The van der Waals surface area contributed by atoms with E-state index >= 15 is 0 Å². The predicted molar refractivity (Wildman–Crippen MR) is 27.5 cm³/mol.